The maximum Gasteiger partial charge on any atom is 0.160 e. The van der Waals surface area contributed by atoms with Crippen molar-refractivity contribution in [2.75, 3.05) is 0 Å². The second-order valence-corrected chi connectivity index (χ2v) is 15.5. The van der Waals surface area contributed by atoms with Crippen molar-refractivity contribution in [3.05, 3.63) is 204 Å². The molecule has 0 unspecified atom stereocenters. The summed E-state index contributed by atoms with van der Waals surface area (Å²) in [6.07, 6.45) is 0. The smallest absolute Gasteiger partial charge is 0.160 e. The molecular weight excluding hydrogens is 689 g/mol. The van der Waals surface area contributed by atoms with Gasteiger partial charge in [-0.15, -0.1) is 11.3 Å². The van der Waals surface area contributed by atoms with Crippen molar-refractivity contribution in [1.82, 2.24) is 9.97 Å². The maximum absolute atomic E-state index is 6.56. The molecule has 1 aliphatic carbocycles. The Balaban J connectivity index is 1.01. The molecule has 3 nitrogen and oxygen atoms in total. The lowest BCUT2D eigenvalue weighted by Gasteiger charge is -2.39. The van der Waals surface area contributed by atoms with E-state index in [-0.39, 0.29) is 0 Å². The van der Waals surface area contributed by atoms with Crippen LogP contribution in [0.2, 0.25) is 0 Å². The molecule has 0 fully saturated rings. The van der Waals surface area contributed by atoms with E-state index in [0.29, 0.717) is 0 Å². The molecule has 1 aliphatic heterocycles. The van der Waals surface area contributed by atoms with E-state index in [2.05, 4.69) is 164 Å². The predicted molar refractivity (Wildman–Crippen MR) is 226 cm³/mol. The summed E-state index contributed by atoms with van der Waals surface area (Å²) in [5.41, 5.74) is 13.4. The van der Waals surface area contributed by atoms with Crippen LogP contribution in [0.4, 0.5) is 0 Å². The fraction of sp³-hybridized carbons (Fsp3) is 0.0196. The van der Waals surface area contributed by atoms with Gasteiger partial charge in [0, 0.05) is 32.3 Å². The molecule has 2 aromatic heterocycles. The lowest BCUT2D eigenvalue weighted by atomic mass is 9.66. The van der Waals surface area contributed by atoms with Crippen LogP contribution in [0, 0.1) is 0 Å². The average Bonchev–Trinajstić information content (AvgIpc) is 3.77. The Bertz CT molecular complexity index is 3150. The molecular formula is C51H30N2OS. The van der Waals surface area contributed by atoms with Gasteiger partial charge in [0.15, 0.2) is 5.82 Å². The van der Waals surface area contributed by atoms with Crippen LogP contribution in [0.15, 0.2) is 182 Å². The third-order valence-corrected chi connectivity index (χ3v) is 12.7. The first-order chi connectivity index (χ1) is 27.2. The van der Waals surface area contributed by atoms with Crippen molar-refractivity contribution in [3.8, 4) is 56.4 Å². The molecule has 0 saturated carbocycles. The number of rotatable bonds is 3. The fourth-order valence-corrected chi connectivity index (χ4v) is 10.3. The van der Waals surface area contributed by atoms with Gasteiger partial charge in [-0.3, -0.25) is 0 Å². The van der Waals surface area contributed by atoms with E-state index in [1.54, 1.807) is 11.3 Å². The standard InChI is InChI=1S/C51H30N2OS/c1-2-12-31(13-3-1)50-52-47(49-48(53-50)39-15-5-11-21-46(39)55-49)36-25-24-32-28-33(22-23-34(32)29-36)35-26-27-38-37-14-4-6-16-40(37)51(43(38)30-35)41-17-7-9-19-44(41)54-45-20-10-8-18-42(45)51/h1-30H. The van der Waals surface area contributed by atoms with Gasteiger partial charge in [-0.1, -0.05) is 146 Å². The van der Waals surface area contributed by atoms with Gasteiger partial charge in [0.25, 0.3) is 0 Å². The SMILES string of the molecule is c1ccc(-c2nc(-c3ccc4cc(-c5ccc6c(c5)C5(c7ccccc7Oc7ccccc75)c5ccccc5-6)ccc4c3)c3sc4ccccc4c3n2)cc1. The highest BCUT2D eigenvalue weighted by Gasteiger charge is 2.51. The molecule has 0 saturated heterocycles. The zero-order valence-corrected chi connectivity index (χ0v) is 30.3. The number of fused-ring (bicyclic) bond motifs is 13. The molecule has 0 amide bonds. The quantitative estimate of drug-likeness (QED) is 0.182. The summed E-state index contributed by atoms with van der Waals surface area (Å²) in [6, 6.07) is 65.4. The zero-order chi connectivity index (χ0) is 36.1. The minimum absolute atomic E-state index is 0.493. The molecule has 0 N–H and O–H groups in total. The third-order valence-electron chi connectivity index (χ3n) is 11.5. The molecule has 0 radical (unpaired) electrons. The second-order valence-electron chi connectivity index (χ2n) is 14.5. The van der Waals surface area contributed by atoms with E-state index < -0.39 is 5.41 Å². The number of thiophene rings is 1. The zero-order valence-electron chi connectivity index (χ0n) is 29.5. The highest BCUT2D eigenvalue weighted by molar-refractivity contribution is 7.26. The number of nitrogens with zero attached hydrogens (tertiary/aromatic N) is 2. The van der Waals surface area contributed by atoms with Crippen molar-refractivity contribution in [2.45, 2.75) is 5.41 Å². The molecule has 12 rings (SSSR count). The molecule has 10 aromatic rings. The molecule has 8 aromatic carbocycles. The minimum Gasteiger partial charge on any atom is -0.457 e. The van der Waals surface area contributed by atoms with Crippen LogP contribution >= 0.6 is 11.3 Å². The fourth-order valence-electron chi connectivity index (χ4n) is 9.11. The van der Waals surface area contributed by atoms with E-state index in [1.807, 2.05) is 18.2 Å². The van der Waals surface area contributed by atoms with Gasteiger partial charge < -0.3 is 4.74 Å². The molecule has 3 heterocycles. The summed E-state index contributed by atoms with van der Waals surface area (Å²) in [7, 11) is 0. The van der Waals surface area contributed by atoms with Gasteiger partial charge in [-0.2, -0.15) is 0 Å². The predicted octanol–water partition coefficient (Wildman–Crippen LogP) is 13.5. The molecule has 55 heavy (non-hydrogen) atoms. The van der Waals surface area contributed by atoms with E-state index in [9.17, 15) is 0 Å². The Labute approximate surface area is 321 Å². The average molecular weight is 719 g/mol. The van der Waals surface area contributed by atoms with Crippen molar-refractivity contribution < 1.29 is 4.74 Å². The van der Waals surface area contributed by atoms with Gasteiger partial charge in [0.05, 0.1) is 21.3 Å². The highest BCUT2D eigenvalue weighted by atomic mass is 32.1. The van der Waals surface area contributed by atoms with Crippen LogP contribution < -0.4 is 4.74 Å². The molecule has 0 atom stereocenters. The number of hydrogen-bond donors (Lipinski definition) is 0. The van der Waals surface area contributed by atoms with Gasteiger partial charge in [0.1, 0.15) is 11.5 Å². The van der Waals surface area contributed by atoms with Gasteiger partial charge in [-0.25, -0.2) is 9.97 Å². The maximum atomic E-state index is 6.56. The van der Waals surface area contributed by atoms with Crippen LogP contribution in [0.3, 0.4) is 0 Å². The largest absolute Gasteiger partial charge is 0.457 e. The highest BCUT2D eigenvalue weighted by Crippen LogP contribution is 2.62. The Morgan fingerprint density at radius 1 is 0.436 bits per heavy atom. The van der Waals surface area contributed by atoms with Crippen LogP contribution in [0.5, 0.6) is 11.5 Å². The normalized spacial score (nSPS) is 13.4. The van der Waals surface area contributed by atoms with Gasteiger partial charge in [-0.05, 0) is 80.6 Å². The topological polar surface area (TPSA) is 35.0 Å². The second kappa shape index (κ2) is 11.6. The van der Waals surface area contributed by atoms with E-state index in [0.717, 1.165) is 44.4 Å². The number of ether oxygens (including phenoxy) is 1. The van der Waals surface area contributed by atoms with Gasteiger partial charge in [0.2, 0.25) is 0 Å². The summed E-state index contributed by atoms with van der Waals surface area (Å²) in [4.78, 5) is 10.3. The third kappa shape index (κ3) is 4.37. The first-order valence-electron chi connectivity index (χ1n) is 18.6. The van der Waals surface area contributed by atoms with Crippen LogP contribution in [-0.4, -0.2) is 9.97 Å². The van der Waals surface area contributed by atoms with Gasteiger partial charge >= 0.3 is 0 Å². The Kier molecular flexibility index (Phi) is 6.42. The number of para-hydroxylation sites is 2. The molecule has 256 valence electrons. The van der Waals surface area contributed by atoms with E-state index in [1.165, 1.54) is 65.4 Å². The first-order valence-corrected chi connectivity index (χ1v) is 19.5. The van der Waals surface area contributed by atoms with Crippen molar-refractivity contribution >= 4 is 42.4 Å². The monoisotopic (exact) mass is 718 g/mol. The summed E-state index contributed by atoms with van der Waals surface area (Å²) < 4.78 is 8.89. The minimum atomic E-state index is -0.493. The Morgan fingerprint density at radius 3 is 1.84 bits per heavy atom. The summed E-state index contributed by atoms with van der Waals surface area (Å²) in [6.45, 7) is 0. The van der Waals surface area contributed by atoms with Crippen molar-refractivity contribution in [1.29, 1.82) is 0 Å². The lowest BCUT2D eigenvalue weighted by Crippen LogP contribution is -2.32. The van der Waals surface area contributed by atoms with Crippen LogP contribution in [-0.2, 0) is 5.41 Å². The Morgan fingerprint density at radius 2 is 1.04 bits per heavy atom. The molecule has 0 bridgehead atoms. The number of benzene rings is 8. The summed E-state index contributed by atoms with van der Waals surface area (Å²) in [5, 5.41) is 3.53. The number of hydrogen-bond acceptors (Lipinski definition) is 4. The van der Waals surface area contributed by atoms with Crippen LogP contribution in [0.25, 0.3) is 76.0 Å². The molecule has 2 aliphatic rings. The number of aromatic nitrogens is 2. The van der Waals surface area contributed by atoms with Crippen LogP contribution in [0.1, 0.15) is 22.3 Å². The van der Waals surface area contributed by atoms with E-state index in [4.69, 9.17) is 14.7 Å². The summed E-state index contributed by atoms with van der Waals surface area (Å²) >= 11 is 1.77. The lowest BCUT2D eigenvalue weighted by molar-refractivity contribution is 0.436. The van der Waals surface area contributed by atoms with E-state index >= 15 is 0 Å². The van der Waals surface area contributed by atoms with Crippen molar-refractivity contribution in [3.63, 3.8) is 0 Å². The first kappa shape index (κ1) is 30.6. The summed E-state index contributed by atoms with van der Waals surface area (Å²) in [5.74, 6) is 2.56. The molecule has 1 spiro atoms. The van der Waals surface area contributed by atoms with Crippen molar-refractivity contribution in [2.24, 2.45) is 0 Å². The molecule has 4 heteroatoms. The Hall–Kier alpha value is -6.88.